The van der Waals surface area contributed by atoms with Crippen LogP contribution in [0.1, 0.15) is 25.0 Å². The van der Waals surface area contributed by atoms with E-state index in [0.717, 1.165) is 0 Å². The number of hydrogen-bond donors (Lipinski definition) is 1. The molecule has 0 saturated heterocycles. The molecule has 0 fully saturated rings. The predicted molar refractivity (Wildman–Crippen MR) is 68.2 cm³/mol. The average Bonchev–Trinajstić information content (AvgIpc) is 2.79. The maximum atomic E-state index is 13.1. The van der Waals surface area contributed by atoms with E-state index in [1.165, 1.54) is 23.5 Å². The first-order valence-electron chi connectivity index (χ1n) is 5.56. The summed E-state index contributed by atoms with van der Waals surface area (Å²) >= 11 is 1.33. The lowest BCUT2D eigenvalue weighted by atomic mass is 10.0. The molecule has 1 aromatic carbocycles. The van der Waals surface area contributed by atoms with Crippen LogP contribution in [0.3, 0.4) is 0 Å². The number of aliphatic carboxylic acids is 1. The molecule has 0 spiro atoms. The largest absolute Gasteiger partial charge is 0.481 e. The fraction of sp³-hybridized carbons (Fsp3) is 0.231. The van der Waals surface area contributed by atoms with E-state index in [4.69, 9.17) is 5.11 Å². The van der Waals surface area contributed by atoms with Crippen molar-refractivity contribution in [2.45, 2.75) is 19.3 Å². The summed E-state index contributed by atoms with van der Waals surface area (Å²) in [6, 6.07) is 6.13. The van der Waals surface area contributed by atoms with Gasteiger partial charge in [0, 0.05) is 10.9 Å². The van der Waals surface area contributed by atoms with E-state index in [2.05, 4.69) is 4.98 Å². The van der Waals surface area contributed by atoms with Gasteiger partial charge in [-0.15, -0.1) is 11.3 Å². The number of benzene rings is 1. The Morgan fingerprint density at radius 2 is 2.33 bits per heavy atom. The third kappa shape index (κ3) is 2.56. The topological polar surface area (TPSA) is 50.2 Å². The van der Waals surface area contributed by atoms with Crippen molar-refractivity contribution >= 4 is 17.3 Å². The minimum Gasteiger partial charge on any atom is -0.481 e. The van der Waals surface area contributed by atoms with Gasteiger partial charge in [-0.3, -0.25) is 4.79 Å². The quantitative estimate of drug-likeness (QED) is 0.920. The van der Waals surface area contributed by atoms with E-state index < -0.39 is 11.9 Å². The minimum absolute atomic E-state index is 0.325. The van der Waals surface area contributed by atoms with Crippen molar-refractivity contribution in [1.29, 1.82) is 0 Å². The molecule has 94 valence electrons. The molecule has 1 atom stereocenters. The highest BCUT2D eigenvalue weighted by molar-refractivity contribution is 7.13. The van der Waals surface area contributed by atoms with Crippen molar-refractivity contribution in [3.63, 3.8) is 0 Å². The van der Waals surface area contributed by atoms with Crippen LogP contribution in [0.4, 0.5) is 4.39 Å². The molecule has 0 aliphatic heterocycles. The van der Waals surface area contributed by atoms with E-state index in [1.54, 1.807) is 24.4 Å². The molecule has 18 heavy (non-hydrogen) atoms. The number of carbonyl (C=O) groups is 1. The first kappa shape index (κ1) is 12.7. The van der Waals surface area contributed by atoms with Crippen LogP contribution in [-0.4, -0.2) is 16.1 Å². The Kier molecular flexibility index (Phi) is 3.72. The fourth-order valence-corrected chi connectivity index (χ4v) is 2.58. The lowest BCUT2D eigenvalue weighted by molar-refractivity contribution is -0.138. The summed E-state index contributed by atoms with van der Waals surface area (Å²) in [6.07, 6.45) is 0.488. The van der Waals surface area contributed by atoms with Crippen LogP contribution < -0.4 is 0 Å². The van der Waals surface area contributed by atoms with Crippen LogP contribution in [0.15, 0.2) is 29.6 Å². The molecule has 1 N–H and O–H groups in total. The molecule has 0 amide bonds. The molecule has 0 aliphatic rings. The minimum atomic E-state index is -0.881. The SMILES string of the molecule is CCC(C(=O)O)c1csc(-c2cccc(F)c2)n1. The monoisotopic (exact) mass is 265 g/mol. The highest BCUT2D eigenvalue weighted by Crippen LogP contribution is 2.28. The van der Waals surface area contributed by atoms with Crippen LogP contribution in [0.2, 0.25) is 0 Å². The second-order valence-corrected chi connectivity index (χ2v) is 4.75. The van der Waals surface area contributed by atoms with E-state index in [1.807, 2.05) is 0 Å². The van der Waals surface area contributed by atoms with Gasteiger partial charge in [0.1, 0.15) is 10.8 Å². The number of thiazole rings is 1. The molecular weight excluding hydrogens is 253 g/mol. The lowest BCUT2D eigenvalue weighted by Gasteiger charge is -2.05. The zero-order chi connectivity index (χ0) is 13.1. The first-order valence-corrected chi connectivity index (χ1v) is 6.44. The molecule has 1 unspecified atom stereocenters. The van der Waals surface area contributed by atoms with E-state index in [-0.39, 0.29) is 5.82 Å². The number of carboxylic acids is 1. The highest BCUT2D eigenvalue weighted by Gasteiger charge is 2.20. The standard InChI is InChI=1S/C13H12FNO2S/c1-2-10(13(16)17)11-7-18-12(15-11)8-4-3-5-9(14)6-8/h3-7,10H,2H2,1H3,(H,16,17). The van der Waals surface area contributed by atoms with Crippen LogP contribution in [-0.2, 0) is 4.79 Å². The molecule has 0 aliphatic carbocycles. The summed E-state index contributed by atoms with van der Waals surface area (Å²) in [7, 11) is 0. The number of rotatable bonds is 4. The fourth-order valence-electron chi connectivity index (χ4n) is 1.71. The number of hydrogen-bond acceptors (Lipinski definition) is 3. The van der Waals surface area contributed by atoms with Gasteiger partial charge in [-0.1, -0.05) is 19.1 Å². The molecule has 2 rings (SSSR count). The zero-order valence-electron chi connectivity index (χ0n) is 9.76. The Bertz CT molecular complexity index is 568. The van der Waals surface area contributed by atoms with Gasteiger partial charge < -0.3 is 5.11 Å². The van der Waals surface area contributed by atoms with Crippen molar-refractivity contribution in [3.05, 3.63) is 41.2 Å². The van der Waals surface area contributed by atoms with Crippen LogP contribution in [0.5, 0.6) is 0 Å². The van der Waals surface area contributed by atoms with Crippen LogP contribution in [0, 0.1) is 5.82 Å². The molecular formula is C13H12FNO2S. The van der Waals surface area contributed by atoms with Crippen molar-refractivity contribution < 1.29 is 14.3 Å². The average molecular weight is 265 g/mol. The Hall–Kier alpha value is -1.75. The summed E-state index contributed by atoms with van der Waals surface area (Å²) in [5.74, 6) is -1.80. The van der Waals surface area contributed by atoms with E-state index in [9.17, 15) is 9.18 Å². The van der Waals surface area contributed by atoms with Crippen molar-refractivity contribution in [2.24, 2.45) is 0 Å². The molecule has 0 saturated carbocycles. The number of aromatic nitrogens is 1. The van der Waals surface area contributed by atoms with Gasteiger partial charge in [0.15, 0.2) is 0 Å². The normalized spacial score (nSPS) is 12.3. The maximum Gasteiger partial charge on any atom is 0.312 e. The van der Waals surface area contributed by atoms with Gasteiger partial charge in [0.2, 0.25) is 0 Å². The Balaban J connectivity index is 2.33. The molecule has 5 heteroatoms. The molecule has 2 aromatic rings. The van der Waals surface area contributed by atoms with Gasteiger partial charge in [-0.25, -0.2) is 9.37 Å². The highest BCUT2D eigenvalue weighted by atomic mass is 32.1. The van der Waals surface area contributed by atoms with Gasteiger partial charge in [0.25, 0.3) is 0 Å². The lowest BCUT2D eigenvalue weighted by Crippen LogP contribution is -2.10. The Labute approximate surface area is 108 Å². The second kappa shape index (κ2) is 5.27. The predicted octanol–water partition coefficient (Wildman–Crippen LogP) is 3.53. The van der Waals surface area contributed by atoms with Crippen molar-refractivity contribution in [1.82, 2.24) is 4.98 Å². The van der Waals surface area contributed by atoms with Gasteiger partial charge in [-0.2, -0.15) is 0 Å². The first-order chi connectivity index (χ1) is 8.61. The third-order valence-corrected chi connectivity index (χ3v) is 3.57. The summed E-state index contributed by atoms with van der Waals surface area (Å²) < 4.78 is 13.1. The van der Waals surface area contributed by atoms with Crippen molar-refractivity contribution in [2.75, 3.05) is 0 Å². The Morgan fingerprint density at radius 1 is 1.56 bits per heavy atom. The summed E-state index contributed by atoms with van der Waals surface area (Å²) in [6.45, 7) is 1.81. The molecule has 1 heterocycles. The smallest absolute Gasteiger partial charge is 0.312 e. The number of halogens is 1. The summed E-state index contributed by atoms with van der Waals surface area (Å²) in [5.41, 5.74) is 1.21. The molecule has 0 radical (unpaired) electrons. The van der Waals surface area contributed by atoms with E-state index >= 15 is 0 Å². The zero-order valence-corrected chi connectivity index (χ0v) is 10.6. The van der Waals surface area contributed by atoms with Gasteiger partial charge in [-0.05, 0) is 18.6 Å². The van der Waals surface area contributed by atoms with Gasteiger partial charge in [0.05, 0.1) is 11.6 Å². The third-order valence-electron chi connectivity index (χ3n) is 2.66. The molecule has 0 bridgehead atoms. The van der Waals surface area contributed by atoms with Gasteiger partial charge >= 0.3 is 5.97 Å². The second-order valence-electron chi connectivity index (χ2n) is 3.89. The Morgan fingerprint density at radius 3 is 2.94 bits per heavy atom. The number of nitrogens with zero attached hydrogens (tertiary/aromatic N) is 1. The maximum absolute atomic E-state index is 13.1. The van der Waals surface area contributed by atoms with E-state index in [0.29, 0.717) is 22.7 Å². The molecule has 3 nitrogen and oxygen atoms in total. The van der Waals surface area contributed by atoms with Crippen LogP contribution in [0.25, 0.3) is 10.6 Å². The molecule has 1 aromatic heterocycles. The van der Waals surface area contributed by atoms with Crippen molar-refractivity contribution in [3.8, 4) is 10.6 Å². The summed E-state index contributed by atoms with van der Waals surface area (Å²) in [4.78, 5) is 15.3. The summed E-state index contributed by atoms with van der Waals surface area (Å²) in [5, 5.41) is 11.4. The number of carboxylic acid groups (broad SMARTS) is 1. The van der Waals surface area contributed by atoms with Crippen LogP contribution >= 0.6 is 11.3 Å².